The van der Waals surface area contributed by atoms with Crippen molar-refractivity contribution >= 4 is 11.9 Å². The number of hydrogen-bond acceptors (Lipinski definition) is 4. The minimum atomic E-state index is -1.07. The van der Waals surface area contributed by atoms with Gasteiger partial charge < -0.3 is 10.0 Å². The van der Waals surface area contributed by atoms with Crippen molar-refractivity contribution in [3.05, 3.63) is 18.0 Å². The summed E-state index contributed by atoms with van der Waals surface area (Å²) in [7, 11) is 1.76. The van der Waals surface area contributed by atoms with Gasteiger partial charge in [0.15, 0.2) is 5.69 Å². The summed E-state index contributed by atoms with van der Waals surface area (Å²) in [4.78, 5) is 20.2. The summed E-state index contributed by atoms with van der Waals surface area (Å²) in [5.74, 6) is 1.79. The Kier molecular flexibility index (Phi) is 3.63. The van der Waals surface area contributed by atoms with Gasteiger partial charge in [-0.15, -0.1) is 12.3 Å². The molecule has 0 fully saturated rings. The molecule has 0 radical (unpaired) electrons. The minimum Gasteiger partial charge on any atom is -0.477 e. The monoisotopic (exact) mass is 205 g/mol. The Morgan fingerprint density at radius 3 is 3.07 bits per heavy atom. The number of anilines is 1. The van der Waals surface area contributed by atoms with Crippen LogP contribution in [-0.2, 0) is 0 Å². The molecule has 0 unspecified atom stereocenters. The zero-order valence-corrected chi connectivity index (χ0v) is 8.34. The normalized spacial score (nSPS) is 9.33. The van der Waals surface area contributed by atoms with E-state index in [1.54, 1.807) is 11.9 Å². The predicted molar refractivity (Wildman–Crippen MR) is 55.7 cm³/mol. The van der Waals surface area contributed by atoms with E-state index in [-0.39, 0.29) is 5.69 Å². The highest BCUT2D eigenvalue weighted by Gasteiger charge is 2.08. The van der Waals surface area contributed by atoms with E-state index in [1.165, 1.54) is 12.3 Å². The van der Waals surface area contributed by atoms with E-state index < -0.39 is 5.97 Å². The van der Waals surface area contributed by atoms with Gasteiger partial charge in [-0.25, -0.2) is 14.8 Å². The average Bonchev–Trinajstić information content (AvgIpc) is 2.26. The second kappa shape index (κ2) is 4.96. The number of carboxylic acids is 1. The van der Waals surface area contributed by atoms with Crippen LogP contribution in [0.4, 0.5) is 5.95 Å². The number of carboxylic acid groups (broad SMARTS) is 1. The van der Waals surface area contributed by atoms with E-state index in [0.29, 0.717) is 18.9 Å². The zero-order chi connectivity index (χ0) is 11.3. The molecule has 15 heavy (non-hydrogen) atoms. The van der Waals surface area contributed by atoms with Gasteiger partial charge in [0.25, 0.3) is 0 Å². The Balaban J connectivity index is 2.81. The third-order valence-electron chi connectivity index (χ3n) is 1.79. The molecule has 0 amide bonds. The van der Waals surface area contributed by atoms with Crippen LogP contribution < -0.4 is 4.90 Å². The molecule has 1 rings (SSSR count). The summed E-state index contributed by atoms with van der Waals surface area (Å²) in [5.41, 5.74) is -0.0208. The van der Waals surface area contributed by atoms with E-state index in [2.05, 4.69) is 15.9 Å². The fraction of sp³-hybridized carbons (Fsp3) is 0.300. The first-order chi connectivity index (χ1) is 7.15. The van der Waals surface area contributed by atoms with E-state index in [9.17, 15) is 4.79 Å². The molecule has 1 N–H and O–H groups in total. The number of terminal acetylenes is 1. The Labute approximate surface area is 87.8 Å². The van der Waals surface area contributed by atoms with Crippen molar-refractivity contribution in [2.75, 3.05) is 18.5 Å². The topological polar surface area (TPSA) is 66.3 Å². The van der Waals surface area contributed by atoms with Crippen molar-refractivity contribution < 1.29 is 9.90 Å². The fourth-order valence-corrected chi connectivity index (χ4v) is 0.984. The molecule has 1 heterocycles. The summed E-state index contributed by atoms with van der Waals surface area (Å²) in [6.45, 7) is 0.597. The molecule has 0 spiro atoms. The maximum absolute atomic E-state index is 10.6. The number of hydrogen-bond donors (Lipinski definition) is 1. The van der Waals surface area contributed by atoms with Gasteiger partial charge in [0.2, 0.25) is 5.95 Å². The average molecular weight is 205 g/mol. The summed E-state index contributed by atoms with van der Waals surface area (Å²) in [6.07, 6.45) is 7.10. The minimum absolute atomic E-state index is 0.0208. The van der Waals surface area contributed by atoms with E-state index >= 15 is 0 Å². The van der Waals surface area contributed by atoms with Gasteiger partial charge in [-0.2, -0.15) is 0 Å². The smallest absolute Gasteiger partial charge is 0.354 e. The van der Waals surface area contributed by atoms with Crippen LogP contribution in [0, 0.1) is 12.3 Å². The van der Waals surface area contributed by atoms with Crippen molar-refractivity contribution in [3.63, 3.8) is 0 Å². The van der Waals surface area contributed by atoms with Crippen molar-refractivity contribution in [2.45, 2.75) is 6.42 Å². The van der Waals surface area contributed by atoms with Gasteiger partial charge in [-0.3, -0.25) is 0 Å². The van der Waals surface area contributed by atoms with Crippen LogP contribution in [0.15, 0.2) is 12.3 Å². The third-order valence-corrected chi connectivity index (χ3v) is 1.79. The lowest BCUT2D eigenvalue weighted by molar-refractivity contribution is 0.0690. The van der Waals surface area contributed by atoms with Gasteiger partial charge >= 0.3 is 5.97 Å². The highest BCUT2D eigenvalue weighted by molar-refractivity contribution is 5.85. The van der Waals surface area contributed by atoms with Gasteiger partial charge in [-0.1, -0.05) is 0 Å². The van der Waals surface area contributed by atoms with Gasteiger partial charge in [0.1, 0.15) is 0 Å². The molecule has 1 aromatic heterocycles. The first-order valence-corrected chi connectivity index (χ1v) is 4.36. The van der Waals surface area contributed by atoms with Crippen LogP contribution in [0.3, 0.4) is 0 Å². The van der Waals surface area contributed by atoms with E-state index in [1.807, 2.05) is 0 Å². The van der Waals surface area contributed by atoms with Crippen LogP contribution in [0.25, 0.3) is 0 Å². The summed E-state index contributed by atoms with van der Waals surface area (Å²) < 4.78 is 0. The lowest BCUT2D eigenvalue weighted by atomic mass is 10.4. The third kappa shape index (κ3) is 2.95. The Hall–Kier alpha value is -2.09. The maximum Gasteiger partial charge on any atom is 0.354 e. The molecule has 0 aliphatic heterocycles. The molecule has 78 valence electrons. The van der Waals surface area contributed by atoms with Gasteiger partial charge in [0.05, 0.1) is 0 Å². The number of carbonyl (C=O) groups is 1. The Bertz CT molecular complexity index is 398. The fourth-order valence-electron chi connectivity index (χ4n) is 0.984. The van der Waals surface area contributed by atoms with E-state index in [4.69, 9.17) is 11.5 Å². The van der Waals surface area contributed by atoms with Gasteiger partial charge in [-0.05, 0) is 6.07 Å². The van der Waals surface area contributed by atoms with Crippen LogP contribution in [0.5, 0.6) is 0 Å². The molecule has 0 bridgehead atoms. The molecule has 0 aromatic carbocycles. The lowest BCUT2D eigenvalue weighted by Gasteiger charge is -2.15. The largest absolute Gasteiger partial charge is 0.477 e. The second-order valence-corrected chi connectivity index (χ2v) is 2.92. The summed E-state index contributed by atoms with van der Waals surface area (Å²) >= 11 is 0. The van der Waals surface area contributed by atoms with Crippen molar-refractivity contribution in [1.82, 2.24) is 9.97 Å². The molecule has 5 nitrogen and oxygen atoms in total. The van der Waals surface area contributed by atoms with Crippen molar-refractivity contribution in [1.29, 1.82) is 0 Å². The molecule has 0 atom stereocenters. The maximum atomic E-state index is 10.6. The molecule has 1 aromatic rings. The Morgan fingerprint density at radius 2 is 2.47 bits per heavy atom. The Morgan fingerprint density at radius 1 is 1.73 bits per heavy atom. The van der Waals surface area contributed by atoms with Gasteiger partial charge in [0, 0.05) is 26.2 Å². The quantitative estimate of drug-likeness (QED) is 0.730. The first-order valence-electron chi connectivity index (χ1n) is 4.36. The van der Waals surface area contributed by atoms with Crippen LogP contribution in [0.2, 0.25) is 0 Å². The van der Waals surface area contributed by atoms with Crippen LogP contribution in [-0.4, -0.2) is 34.6 Å². The standard InChI is InChI=1S/C10H11N3O2/c1-3-4-7-13(2)10-11-6-5-8(12-10)9(14)15/h1,5-6H,4,7H2,2H3,(H,14,15). The van der Waals surface area contributed by atoms with Crippen molar-refractivity contribution in [3.8, 4) is 12.3 Å². The number of nitrogens with zero attached hydrogens (tertiary/aromatic N) is 3. The second-order valence-electron chi connectivity index (χ2n) is 2.92. The highest BCUT2D eigenvalue weighted by atomic mass is 16.4. The number of aromatic carboxylic acids is 1. The summed E-state index contributed by atoms with van der Waals surface area (Å²) in [5, 5.41) is 8.73. The molecule has 0 saturated heterocycles. The first kappa shape index (κ1) is 11.0. The summed E-state index contributed by atoms with van der Waals surface area (Å²) in [6, 6.07) is 1.35. The molecule has 0 aliphatic rings. The predicted octanol–water partition coefficient (Wildman–Crippen LogP) is 0.634. The molecule has 0 saturated carbocycles. The SMILES string of the molecule is C#CCCN(C)c1nccc(C(=O)O)n1. The zero-order valence-electron chi connectivity index (χ0n) is 8.34. The molecular weight excluding hydrogens is 194 g/mol. The van der Waals surface area contributed by atoms with Crippen LogP contribution >= 0.6 is 0 Å². The molecule has 0 aliphatic carbocycles. The lowest BCUT2D eigenvalue weighted by Crippen LogP contribution is -2.21. The number of rotatable bonds is 4. The number of aromatic nitrogens is 2. The van der Waals surface area contributed by atoms with Crippen LogP contribution in [0.1, 0.15) is 16.9 Å². The molecular formula is C10H11N3O2. The van der Waals surface area contributed by atoms with Crippen molar-refractivity contribution in [2.24, 2.45) is 0 Å². The highest BCUT2D eigenvalue weighted by Crippen LogP contribution is 2.05. The molecule has 5 heteroatoms. The van der Waals surface area contributed by atoms with E-state index in [0.717, 1.165) is 0 Å².